The Balaban J connectivity index is 2.01. The Morgan fingerprint density at radius 1 is 1.14 bits per heavy atom. The van der Waals surface area contributed by atoms with Crippen LogP contribution in [0.4, 0.5) is 23.2 Å². The van der Waals surface area contributed by atoms with Crippen LogP contribution in [0.3, 0.4) is 0 Å². The number of para-hydroxylation sites is 1. The van der Waals surface area contributed by atoms with Gasteiger partial charge in [0.1, 0.15) is 0 Å². The van der Waals surface area contributed by atoms with E-state index >= 15 is 0 Å². The number of halogens is 5. The van der Waals surface area contributed by atoms with E-state index in [1.165, 1.54) is 0 Å². The number of benzene rings is 1. The molecule has 0 radical (unpaired) electrons. The Morgan fingerprint density at radius 3 is 2.24 bits per heavy atom. The second-order valence-corrected chi connectivity index (χ2v) is 5.06. The zero-order valence-electron chi connectivity index (χ0n) is 10.9. The largest absolute Gasteiger partial charge is 0.383 e. The highest BCUT2D eigenvalue weighted by atomic mass is 35.5. The van der Waals surface area contributed by atoms with E-state index in [1.807, 2.05) is 4.90 Å². The quantitative estimate of drug-likeness (QED) is 0.798. The number of carbonyl (C=O) groups is 1. The zero-order chi connectivity index (χ0) is 15.6. The molecule has 1 fully saturated rings. The van der Waals surface area contributed by atoms with Crippen LogP contribution >= 0.6 is 11.6 Å². The molecule has 0 saturated carbocycles. The monoisotopic (exact) mass is 324 g/mol. The SMILES string of the molecule is O=C(N1CCN(c2ccccc2Cl)CC1)C(F)(F)C(F)F. The fourth-order valence-corrected chi connectivity index (χ4v) is 2.42. The molecule has 1 aromatic rings. The summed E-state index contributed by atoms with van der Waals surface area (Å²) in [5, 5.41) is 0.509. The molecule has 0 unspecified atom stereocenters. The first-order chi connectivity index (χ1) is 9.84. The molecule has 1 amide bonds. The molecule has 1 aliphatic rings. The van der Waals surface area contributed by atoms with E-state index in [0.29, 0.717) is 5.02 Å². The number of piperazine rings is 1. The van der Waals surface area contributed by atoms with Crippen LogP contribution in [0.5, 0.6) is 0 Å². The van der Waals surface area contributed by atoms with E-state index in [9.17, 15) is 22.4 Å². The van der Waals surface area contributed by atoms with E-state index in [1.54, 1.807) is 24.3 Å². The van der Waals surface area contributed by atoms with Crippen molar-refractivity contribution in [1.82, 2.24) is 4.90 Å². The normalized spacial score (nSPS) is 16.5. The lowest BCUT2D eigenvalue weighted by atomic mass is 10.2. The van der Waals surface area contributed by atoms with Crippen molar-refractivity contribution in [3.05, 3.63) is 29.3 Å². The molecule has 1 aromatic carbocycles. The van der Waals surface area contributed by atoms with Gasteiger partial charge in [0.2, 0.25) is 0 Å². The van der Waals surface area contributed by atoms with Gasteiger partial charge >= 0.3 is 12.3 Å². The maximum Gasteiger partial charge on any atom is 0.383 e. The minimum atomic E-state index is -4.63. The molecule has 1 saturated heterocycles. The van der Waals surface area contributed by atoms with Gasteiger partial charge in [-0.1, -0.05) is 23.7 Å². The first kappa shape index (κ1) is 15.9. The first-order valence-electron chi connectivity index (χ1n) is 6.29. The lowest BCUT2D eigenvalue weighted by molar-refractivity contribution is -0.180. The van der Waals surface area contributed by atoms with Crippen molar-refractivity contribution in [3.63, 3.8) is 0 Å². The maximum atomic E-state index is 13.0. The number of rotatable bonds is 3. The number of nitrogens with zero attached hydrogens (tertiary/aromatic N) is 2. The smallest absolute Gasteiger partial charge is 0.367 e. The molecule has 0 bridgehead atoms. The molecule has 8 heteroatoms. The van der Waals surface area contributed by atoms with Crippen molar-refractivity contribution in [3.8, 4) is 0 Å². The molecule has 1 aliphatic heterocycles. The fraction of sp³-hybridized carbons (Fsp3) is 0.462. The highest BCUT2D eigenvalue weighted by molar-refractivity contribution is 6.33. The topological polar surface area (TPSA) is 23.6 Å². The Kier molecular flexibility index (Phi) is 4.61. The summed E-state index contributed by atoms with van der Waals surface area (Å²) in [4.78, 5) is 14.0. The van der Waals surface area contributed by atoms with Crippen LogP contribution in [-0.4, -0.2) is 49.3 Å². The van der Waals surface area contributed by atoms with Crippen molar-refractivity contribution in [2.75, 3.05) is 31.1 Å². The zero-order valence-corrected chi connectivity index (χ0v) is 11.7. The van der Waals surface area contributed by atoms with Crippen LogP contribution in [0.25, 0.3) is 0 Å². The summed E-state index contributed by atoms with van der Waals surface area (Å²) < 4.78 is 50.4. The van der Waals surface area contributed by atoms with E-state index in [-0.39, 0.29) is 26.2 Å². The summed E-state index contributed by atoms with van der Waals surface area (Å²) in [6, 6.07) is 7.01. The molecule has 2 rings (SSSR count). The maximum absolute atomic E-state index is 13.0. The van der Waals surface area contributed by atoms with Crippen molar-refractivity contribution < 1.29 is 22.4 Å². The molecular weight excluding hydrogens is 312 g/mol. The molecule has 0 aliphatic carbocycles. The van der Waals surface area contributed by atoms with Gasteiger partial charge in [-0.25, -0.2) is 8.78 Å². The van der Waals surface area contributed by atoms with E-state index in [2.05, 4.69) is 0 Å². The van der Waals surface area contributed by atoms with Gasteiger partial charge in [0, 0.05) is 26.2 Å². The molecule has 3 nitrogen and oxygen atoms in total. The van der Waals surface area contributed by atoms with Gasteiger partial charge in [-0.05, 0) is 12.1 Å². The number of hydrogen-bond donors (Lipinski definition) is 0. The summed E-state index contributed by atoms with van der Waals surface area (Å²) in [5.74, 6) is -6.46. The molecule has 116 valence electrons. The van der Waals surface area contributed by atoms with Gasteiger partial charge in [-0.3, -0.25) is 4.79 Å². The highest BCUT2D eigenvalue weighted by Crippen LogP contribution is 2.28. The Labute approximate surface area is 124 Å². The minimum Gasteiger partial charge on any atom is -0.367 e. The Bertz CT molecular complexity index is 519. The summed E-state index contributed by atoms with van der Waals surface area (Å²) in [6.07, 6.45) is -3.99. The van der Waals surface area contributed by atoms with Gasteiger partial charge in [0.05, 0.1) is 10.7 Å². The van der Waals surface area contributed by atoms with Crippen LogP contribution in [0.1, 0.15) is 0 Å². The Hall–Kier alpha value is -1.50. The minimum absolute atomic E-state index is 0.0492. The van der Waals surface area contributed by atoms with Gasteiger partial charge in [-0.15, -0.1) is 0 Å². The molecule has 21 heavy (non-hydrogen) atoms. The lowest BCUT2D eigenvalue weighted by Crippen LogP contribution is -2.55. The van der Waals surface area contributed by atoms with Gasteiger partial charge < -0.3 is 9.80 Å². The summed E-state index contributed by atoms with van der Waals surface area (Å²) in [6.45, 7) is 0.419. The predicted molar refractivity (Wildman–Crippen MR) is 71.2 cm³/mol. The van der Waals surface area contributed by atoms with Crippen molar-refractivity contribution in [2.24, 2.45) is 0 Å². The lowest BCUT2D eigenvalue weighted by Gasteiger charge is -2.37. The molecular formula is C13H13ClF4N2O. The van der Waals surface area contributed by atoms with Crippen LogP contribution < -0.4 is 4.90 Å². The average molecular weight is 325 g/mol. The summed E-state index contributed by atoms with van der Waals surface area (Å²) in [5.41, 5.74) is 0.729. The molecule has 0 spiro atoms. The van der Waals surface area contributed by atoms with Crippen molar-refractivity contribution >= 4 is 23.2 Å². The fourth-order valence-electron chi connectivity index (χ4n) is 2.16. The number of anilines is 1. The predicted octanol–water partition coefficient (Wildman–Crippen LogP) is 2.89. The third-order valence-electron chi connectivity index (χ3n) is 3.32. The molecule has 0 aromatic heterocycles. The standard InChI is InChI=1S/C13H13ClF4N2O/c14-9-3-1-2-4-10(9)19-5-7-20(8-6-19)12(21)13(17,18)11(15)16/h1-4,11H,5-8H2. The second kappa shape index (κ2) is 6.09. The Morgan fingerprint density at radius 2 is 1.71 bits per heavy atom. The molecule has 1 heterocycles. The van der Waals surface area contributed by atoms with Gasteiger partial charge in [-0.2, -0.15) is 8.78 Å². The van der Waals surface area contributed by atoms with Crippen LogP contribution in [0.15, 0.2) is 24.3 Å². The van der Waals surface area contributed by atoms with Crippen molar-refractivity contribution in [2.45, 2.75) is 12.3 Å². The first-order valence-corrected chi connectivity index (χ1v) is 6.66. The second-order valence-electron chi connectivity index (χ2n) is 4.65. The van der Waals surface area contributed by atoms with Crippen LogP contribution in [0, 0.1) is 0 Å². The highest BCUT2D eigenvalue weighted by Gasteiger charge is 2.51. The van der Waals surface area contributed by atoms with E-state index in [4.69, 9.17) is 11.6 Å². The van der Waals surface area contributed by atoms with Gasteiger partial charge in [0.25, 0.3) is 5.91 Å². The number of amides is 1. The van der Waals surface area contributed by atoms with Crippen LogP contribution in [0.2, 0.25) is 5.02 Å². The number of carbonyl (C=O) groups excluding carboxylic acids is 1. The summed E-state index contributed by atoms with van der Waals surface area (Å²) in [7, 11) is 0. The van der Waals surface area contributed by atoms with Crippen molar-refractivity contribution in [1.29, 1.82) is 0 Å². The third-order valence-corrected chi connectivity index (χ3v) is 3.64. The average Bonchev–Trinajstić information content (AvgIpc) is 2.47. The van der Waals surface area contributed by atoms with Crippen LogP contribution in [-0.2, 0) is 4.79 Å². The van der Waals surface area contributed by atoms with Gasteiger partial charge in [0.15, 0.2) is 0 Å². The van der Waals surface area contributed by atoms with E-state index in [0.717, 1.165) is 10.6 Å². The summed E-state index contributed by atoms with van der Waals surface area (Å²) >= 11 is 6.03. The molecule has 0 atom stereocenters. The number of alkyl halides is 4. The molecule has 0 N–H and O–H groups in total. The van der Waals surface area contributed by atoms with E-state index < -0.39 is 18.3 Å². The number of hydrogen-bond acceptors (Lipinski definition) is 2. The third kappa shape index (κ3) is 3.23.